The quantitative estimate of drug-likeness (QED) is 0.0157. The van der Waals surface area contributed by atoms with Crippen LogP contribution in [0.5, 0.6) is 34.5 Å². The zero-order chi connectivity index (χ0) is 92.9. The molecule has 0 aliphatic heterocycles. The van der Waals surface area contributed by atoms with E-state index in [2.05, 4.69) is 125 Å². The van der Waals surface area contributed by atoms with Gasteiger partial charge in [0.1, 0.15) is 74.1 Å². The van der Waals surface area contributed by atoms with E-state index in [0.29, 0.717) is 97.0 Å². The highest BCUT2D eigenvalue weighted by molar-refractivity contribution is 6.60. The summed E-state index contributed by atoms with van der Waals surface area (Å²) in [5.74, 6) is 3.62. The molecule has 0 bridgehead atoms. The van der Waals surface area contributed by atoms with E-state index in [0.717, 1.165) is 111 Å². The first-order valence-electron chi connectivity index (χ1n) is 45.4. The van der Waals surface area contributed by atoms with Gasteiger partial charge in [0.25, 0.3) is 0 Å². The van der Waals surface area contributed by atoms with Crippen LogP contribution in [0.2, 0.25) is 12.1 Å². The zero-order valence-corrected chi connectivity index (χ0v) is 80.9. The Bertz CT molecular complexity index is 4180. The second kappa shape index (κ2) is 54.4. The molecular formula is C101H142N6O20Si2. The standard InChI is InChI=1S/C101H142N6O20Si2/c1-17-21-63-106(64-22-18-2)69-91(124-95(108)102-61-31-67-128(112-11,113-12)114-13)71-118-85-49-37-77(38-50-85)99(5,6)79-41-53-87(54-42-79)120-73-93(126-97(110)104-83-33-27-25-28-34-83)75-122-89-57-45-81(46-58-89)101(9,10)82-47-59-90(60-48-82)123-76-94(127-98(111)105-84-35-29-26-30-36-84)74-121-88-55-43-80(44-56-88)100(7,8)78-39-51-86(52-40-78)119-72-92(70-107(65-23-19-3)66-24-20-4)125-96(109)103-62-32-68-129(115-14,116-15)117-16/h25-30,33-60,91-94H,17-24,31-32,61-76H2,1-16H3,(H,102,108)(H,103,109)(H,104,110)(H,105,111). The molecule has 26 nitrogen and oxygen atoms in total. The molecule has 4 atom stereocenters. The third-order valence-corrected chi connectivity index (χ3v) is 28.8. The van der Waals surface area contributed by atoms with Crippen molar-refractivity contribution in [3.63, 3.8) is 0 Å². The van der Waals surface area contributed by atoms with Crippen LogP contribution in [0.1, 0.15) is 167 Å². The van der Waals surface area contributed by atoms with E-state index in [1.807, 2.05) is 158 Å². The van der Waals surface area contributed by atoms with Gasteiger partial charge in [-0.1, -0.05) is 204 Å². The molecule has 0 spiro atoms. The molecule has 4 unspecified atom stereocenters. The van der Waals surface area contributed by atoms with Crippen molar-refractivity contribution in [1.29, 1.82) is 0 Å². The second-order valence-electron chi connectivity index (χ2n) is 33.6. The van der Waals surface area contributed by atoms with Crippen molar-refractivity contribution in [3.8, 4) is 34.5 Å². The van der Waals surface area contributed by atoms with E-state index in [1.54, 1.807) is 66.9 Å². The van der Waals surface area contributed by atoms with Crippen molar-refractivity contribution in [1.82, 2.24) is 20.4 Å². The number of carbonyl (C=O) groups is 4. The fraction of sp³-hybridized carbons (Fsp3) is 0.485. The highest BCUT2D eigenvalue weighted by atomic mass is 28.4. The van der Waals surface area contributed by atoms with Gasteiger partial charge in [-0.15, -0.1) is 0 Å². The summed E-state index contributed by atoms with van der Waals surface area (Å²) in [6.45, 7) is 27.4. The van der Waals surface area contributed by atoms with Crippen molar-refractivity contribution in [2.24, 2.45) is 0 Å². The van der Waals surface area contributed by atoms with Gasteiger partial charge in [-0.05, 0) is 195 Å². The highest BCUT2D eigenvalue weighted by Crippen LogP contribution is 2.38. The number of amides is 4. The highest BCUT2D eigenvalue weighted by Gasteiger charge is 2.39. The van der Waals surface area contributed by atoms with E-state index in [9.17, 15) is 19.2 Å². The summed E-state index contributed by atoms with van der Waals surface area (Å²) >= 11 is 0. The number of ether oxygens (including phenoxy) is 10. The maximum atomic E-state index is 13.4. The Kier molecular flexibility index (Phi) is 43.9. The minimum Gasteiger partial charge on any atom is -0.490 e. The minimum atomic E-state index is -2.78. The van der Waals surface area contributed by atoms with Crippen LogP contribution in [0.3, 0.4) is 0 Å². The summed E-state index contributed by atoms with van der Waals surface area (Å²) in [5.41, 5.74) is 6.11. The fourth-order valence-corrected chi connectivity index (χ4v) is 18.2. The van der Waals surface area contributed by atoms with E-state index in [-0.39, 0.29) is 39.6 Å². The Labute approximate surface area is 768 Å². The van der Waals surface area contributed by atoms with Crippen LogP contribution in [0.25, 0.3) is 0 Å². The molecular weight excluding hydrogens is 1670 g/mol. The summed E-state index contributed by atoms with van der Waals surface area (Å²) in [4.78, 5) is 58.1. The molecule has 704 valence electrons. The van der Waals surface area contributed by atoms with Crippen LogP contribution in [0.4, 0.5) is 30.6 Å². The summed E-state index contributed by atoms with van der Waals surface area (Å²) < 4.78 is 95.6. The third kappa shape index (κ3) is 34.5. The number of hydrogen-bond donors (Lipinski definition) is 4. The summed E-state index contributed by atoms with van der Waals surface area (Å²) in [6, 6.07) is 66.8. The molecule has 8 aromatic rings. The topological polar surface area (TPSA) is 271 Å². The number of nitrogens with one attached hydrogen (secondary N) is 4. The Balaban J connectivity index is 0.851. The lowest BCUT2D eigenvalue weighted by atomic mass is 9.78. The number of anilines is 2. The van der Waals surface area contributed by atoms with E-state index >= 15 is 0 Å². The molecule has 0 radical (unpaired) electrons. The van der Waals surface area contributed by atoms with Crippen LogP contribution >= 0.6 is 0 Å². The Morgan fingerprint density at radius 3 is 0.729 bits per heavy atom. The first-order valence-corrected chi connectivity index (χ1v) is 49.2. The summed E-state index contributed by atoms with van der Waals surface area (Å²) in [7, 11) is 3.89. The molecule has 0 saturated heterocycles. The van der Waals surface area contributed by atoms with Gasteiger partial charge in [-0.25, -0.2) is 19.2 Å². The fourth-order valence-electron chi connectivity index (χ4n) is 14.7. The van der Waals surface area contributed by atoms with Crippen LogP contribution < -0.4 is 49.7 Å². The van der Waals surface area contributed by atoms with Crippen LogP contribution in [-0.4, -0.2) is 211 Å². The number of carbonyl (C=O) groups excluding carboxylic acids is 4. The summed E-state index contributed by atoms with van der Waals surface area (Å²) in [5, 5.41) is 11.4. The number of para-hydroxylation sites is 2. The molecule has 0 aliphatic rings. The SMILES string of the molecule is CCCCN(CCCC)CC(COc1ccc(C(C)(C)c2ccc(OCC(COc3ccc(C(C)(C)c4ccc(OCC(COc5ccc(C(C)(C)c6ccc(OCC(CN(CCCC)CCCC)OC(=O)NCCC[Si](OC)(OC)OC)cc6)cc5)OC(=O)Nc5ccccc5)cc4)cc3)OC(=O)Nc3ccccc3)cc2)cc1)OC(=O)NCCC[Si](OC)(OC)OC. The second-order valence-corrected chi connectivity index (χ2v) is 39.8. The van der Waals surface area contributed by atoms with Crippen LogP contribution in [0, 0.1) is 0 Å². The van der Waals surface area contributed by atoms with Gasteiger partial charge in [0, 0.05) is 109 Å². The van der Waals surface area contributed by atoms with E-state index in [1.165, 1.54) is 0 Å². The molecule has 0 saturated carbocycles. The minimum absolute atomic E-state index is 0.00415. The molecule has 0 fully saturated rings. The van der Waals surface area contributed by atoms with Crippen molar-refractivity contribution < 1.29 is 93.1 Å². The van der Waals surface area contributed by atoms with Crippen molar-refractivity contribution >= 4 is 53.4 Å². The van der Waals surface area contributed by atoms with Gasteiger partial charge in [0.15, 0.2) is 24.4 Å². The molecule has 0 heterocycles. The van der Waals surface area contributed by atoms with Gasteiger partial charge in [0.05, 0.1) is 0 Å². The van der Waals surface area contributed by atoms with E-state index in [4.69, 9.17) is 73.9 Å². The largest absolute Gasteiger partial charge is 0.500 e. The molecule has 0 aromatic heterocycles. The number of hydrogen-bond acceptors (Lipinski definition) is 22. The third-order valence-electron chi connectivity index (χ3n) is 23.2. The number of nitrogens with zero attached hydrogens (tertiary/aromatic N) is 2. The number of alkyl carbamates (subject to hydrolysis) is 2. The zero-order valence-electron chi connectivity index (χ0n) is 78.9. The molecule has 4 amide bonds. The van der Waals surface area contributed by atoms with Gasteiger partial charge < -0.3 is 84.6 Å². The molecule has 4 N–H and O–H groups in total. The molecule has 28 heteroatoms. The van der Waals surface area contributed by atoms with Gasteiger partial charge in [0.2, 0.25) is 0 Å². The van der Waals surface area contributed by atoms with Crippen LogP contribution in [-0.2, 0) is 61.7 Å². The van der Waals surface area contributed by atoms with E-state index < -0.39 is 82.6 Å². The van der Waals surface area contributed by atoms with Crippen LogP contribution in [0.15, 0.2) is 206 Å². The Morgan fingerprint density at radius 1 is 0.295 bits per heavy atom. The summed E-state index contributed by atoms with van der Waals surface area (Å²) in [6.07, 6.45) is 4.57. The van der Waals surface area contributed by atoms with Gasteiger partial charge in [-0.2, -0.15) is 0 Å². The molecule has 0 aliphatic carbocycles. The Hall–Kier alpha value is -10.2. The number of rotatable bonds is 60. The monoisotopic (exact) mass is 1810 g/mol. The lowest BCUT2D eigenvalue weighted by molar-refractivity contribution is 0.0394. The van der Waals surface area contributed by atoms with Gasteiger partial charge >= 0.3 is 42.0 Å². The molecule has 8 aromatic carbocycles. The van der Waals surface area contributed by atoms with Crippen molar-refractivity contribution in [2.75, 3.05) is 145 Å². The maximum absolute atomic E-state index is 13.4. The maximum Gasteiger partial charge on any atom is 0.500 e. The lowest BCUT2D eigenvalue weighted by Gasteiger charge is -2.28. The smallest absolute Gasteiger partial charge is 0.490 e. The average Bonchev–Trinajstić information content (AvgIpc) is 0.810. The van der Waals surface area contributed by atoms with Crippen molar-refractivity contribution in [3.05, 3.63) is 240 Å². The Morgan fingerprint density at radius 2 is 0.512 bits per heavy atom. The number of benzene rings is 8. The first kappa shape index (κ1) is 104. The molecule has 129 heavy (non-hydrogen) atoms. The predicted octanol–water partition coefficient (Wildman–Crippen LogP) is 20.1. The lowest BCUT2D eigenvalue weighted by Crippen LogP contribution is -2.44. The van der Waals surface area contributed by atoms with Gasteiger partial charge in [-0.3, -0.25) is 20.4 Å². The predicted molar refractivity (Wildman–Crippen MR) is 510 cm³/mol. The first-order chi connectivity index (χ1) is 62.3. The van der Waals surface area contributed by atoms with Crippen molar-refractivity contribution in [2.45, 2.75) is 186 Å². The normalized spacial score (nSPS) is 12.9. The average molecular weight is 1820 g/mol. The number of unbranched alkanes of at least 4 members (excludes halogenated alkanes) is 4. The molecule has 8 rings (SSSR count).